The Morgan fingerprint density at radius 2 is 1.78 bits per heavy atom. The molecular formula is C23H38N7O17P3S. The third-order valence-electron chi connectivity index (χ3n) is 6.81. The molecule has 51 heavy (non-hydrogen) atoms. The second kappa shape index (κ2) is 17.6. The van der Waals surface area contributed by atoms with Crippen LogP contribution in [0.3, 0.4) is 0 Å². The van der Waals surface area contributed by atoms with Gasteiger partial charge in [-0.2, -0.15) is 4.31 Å². The summed E-state index contributed by atoms with van der Waals surface area (Å²) in [7, 11) is -16.4. The summed E-state index contributed by atoms with van der Waals surface area (Å²) >= 11 is 1.03. The molecule has 2 amide bonds. The van der Waals surface area contributed by atoms with Crippen LogP contribution in [0.2, 0.25) is 0 Å². The fourth-order valence-corrected chi connectivity index (χ4v) is 7.65. The van der Waals surface area contributed by atoms with Crippen molar-refractivity contribution >= 4 is 69.1 Å². The lowest BCUT2D eigenvalue weighted by Gasteiger charge is -2.30. The van der Waals surface area contributed by atoms with E-state index >= 15 is 0 Å². The number of phosphoric ester groups is 3. The van der Waals surface area contributed by atoms with Crippen LogP contribution < -0.4 is 16.4 Å². The van der Waals surface area contributed by atoms with Crippen molar-refractivity contribution in [3.8, 4) is 0 Å². The maximum Gasteiger partial charge on any atom is 0.481 e. The van der Waals surface area contributed by atoms with E-state index in [1.54, 1.807) is 0 Å². The molecule has 2 aromatic rings. The van der Waals surface area contributed by atoms with E-state index < -0.39 is 84.6 Å². The van der Waals surface area contributed by atoms with E-state index in [4.69, 9.17) is 19.5 Å². The number of nitrogens with two attached hydrogens (primary N) is 1. The number of nitrogen functional groups attached to an aromatic ring is 1. The fourth-order valence-electron chi connectivity index (χ4n) is 4.32. The number of carbonyl (C=O) groups excluding carboxylic acids is 3. The van der Waals surface area contributed by atoms with Gasteiger partial charge in [0.1, 0.15) is 36.3 Å². The van der Waals surface area contributed by atoms with Crippen LogP contribution >= 0.6 is 35.2 Å². The summed E-state index contributed by atoms with van der Waals surface area (Å²) in [6.07, 6.45) is -6.88. The number of aliphatic hydroxyl groups excluding tert-OH is 2. The average molecular weight is 812 g/mol. The number of phosphoric acid groups is 3. The van der Waals surface area contributed by atoms with Crippen LogP contribution in [-0.4, -0.2) is 123 Å². The number of aromatic nitrogens is 4. The maximum atomic E-state index is 12.6. The molecule has 3 heterocycles. The number of fused-ring (bicyclic) bond motifs is 1. The first kappa shape index (κ1) is 43.0. The van der Waals surface area contributed by atoms with E-state index in [2.05, 4.69) is 34.4 Å². The minimum Gasteiger partial charge on any atom is -0.386 e. The van der Waals surface area contributed by atoms with Crippen molar-refractivity contribution in [3.63, 3.8) is 0 Å². The number of nitrogens with zero attached hydrogens (tertiary/aromatic N) is 4. The molecule has 0 aliphatic carbocycles. The first-order valence-corrected chi connectivity index (χ1v) is 20.0. The molecule has 2 aromatic heterocycles. The molecule has 10 N–H and O–H groups in total. The third-order valence-corrected chi connectivity index (χ3v) is 10.7. The molecule has 1 aliphatic heterocycles. The summed E-state index contributed by atoms with van der Waals surface area (Å²) in [4.78, 5) is 85.9. The van der Waals surface area contributed by atoms with Gasteiger partial charge in [-0.3, -0.25) is 32.5 Å². The van der Waals surface area contributed by atoms with Gasteiger partial charge in [0, 0.05) is 37.6 Å². The van der Waals surface area contributed by atoms with E-state index in [9.17, 15) is 57.9 Å². The first-order chi connectivity index (χ1) is 23.5. The Morgan fingerprint density at radius 1 is 1.12 bits per heavy atom. The molecule has 0 saturated carbocycles. The van der Waals surface area contributed by atoms with E-state index in [0.717, 1.165) is 29.0 Å². The standard InChI is InChI=1S/C23H38N7O17P3S/c1-12(31)51-7-6-25-14(32)4-5-26-21(35)18(34)23(2,3)9-44-50(41,42)47-49(39,40)43-8-13-17(46-48(36,37)38)16(33)22(45-13)30-11-29-15-19(24)27-10-28-20(15)30/h10-11,13,16-18,22,33-34H,4-9H2,1-3H3,(H,25,32)(H,26,35)(H,39,40)(H,41,42)(H2,24,27,28)(H2,36,37,38)/t13-,16-,17-,18-,22-/m1/s1/i12+2. The largest absolute Gasteiger partial charge is 0.481 e. The predicted octanol–water partition coefficient (Wildman–Crippen LogP) is -1.32. The zero-order chi connectivity index (χ0) is 38.4. The lowest BCUT2D eigenvalue weighted by Crippen LogP contribution is -2.46. The minimum absolute atomic E-state index is 0.0310. The number of anilines is 1. The van der Waals surface area contributed by atoms with Crippen LogP contribution in [0.25, 0.3) is 11.2 Å². The molecular weight excluding hydrogens is 773 g/mol. The Morgan fingerprint density at radius 3 is 2.43 bits per heavy atom. The highest BCUT2D eigenvalue weighted by molar-refractivity contribution is 8.13. The van der Waals surface area contributed by atoms with Gasteiger partial charge >= 0.3 is 23.5 Å². The van der Waals surface area contributed by atoms with Crippen LogP contribution in [0.5, 0.6) is 0 Å². The van der Waals surface area contributed by atoms with Gasteiger partial charge in [-0.1, -0.05) is 25.6 Å². The SMILES string of the molecule is C[14C](=O)SCCNC(=O)CCNC(=O)[C@@H](O)C(C)(C)COP(=O)(O)OP(=O)(O)OC[C@H]1O[C@@H](n2cnc3c(N)ncnc32)[C@H](O)[C@@H]1OP(=O)(O)O. The zero-order valence-electron chi connectivity index (χ0n) is 27.1. The van der Waals surface area contributed by atoms with E-state index in [1.807, 2.05) is 0 Å². The topological polar surface area (TPSA) is 364 Å². The maximum absolute atomic E-state index is 12.6. The summed E-state index contributed by atoms with van der Waals surface area (Å²) in [5.74, 6) is -1.08. The summed E-state index contributed by atoms with van der Waals surface area (Å²) < 4.78 is 61.8. The average Bonchev–Trinajstić information content (AvgIpc) is 3.57. The van der Waals surface area contributed by atoms with Crippen LogP contribution in [0.15, 0.2) is 12.7 Å². The molecule has 0 radical (unpaired) electrons. The van der Waals surface area contributed by atoms with Crippen molar-refractivity contribution in [1.82, 2.24) is 30.2 Å². The second-order valence-corrected chi connectivity index (χ2v) is 16.9. The molecule has 2 unspecified atom stereocenters. The molecule has 1 saturated heterocycles. The third kappa shape index (κ3) is 12.9. The number of hydrogen-bond donors (Lipinski definition) is 9. The van der Waals surface area contributed by atoms with Crippen molar-refractivity contribution in [2.24, 2.45) is 5.41 Å². The summed E-state index contributed by atoms with van der Waals surface area (Å²) in [5, 5.41) is 26.1. The zero-order valence-corrected chi connectivity index (χ0v) is 30.6. The molecule has 288 valence electrons. The van der Waals surface area contributed by atoms with Crippen molar-refractivity contribution in [3.05, 3.63) is 12.7 Å². The van der Waals surface area contributed by atoms with Gasteiger partial charge in [-0.15, -0.1) is 0 Å². The van der Waals surface area contributed by atoms with E-state index in [-0.39, 0.29) is 41.6 Å². The van der Waals surface area contributed by atoms with Gasteiger partial charge in [0.15, 0.2) is 22.8 Å². The second-order valence-electron chi connectivity index (χ2n) is 11.4. The van der Waals surface area contributed by atoms with Crippen molar-refractivity contribution < 1.29 is 80.5 Å². The summed E-state index contributed by atoms with van der Waals surface area (Å²) in [5.41, 5.74) is 4.26. The van der Waals surface area contributed by atoms with Crippen molar-refractivity contribution in [1.29, 1.82) is 0 Å². The van der Waals surface area contributed by atoms with Crippen LogP contribution in [0.1, 0.15) is 33.4 Å². The monoisotopic (exact) mass is 811 g/mol. The first-order valence-electron chi connectivity index (χ1n) is 14.5. The molecule has 28 heteroatoms. The number of rotatable bonds is 19. The van der Waals surface area contributed by atoms with E-state index in [1.165, 1.54) is 20.8 Å². The van der Waals surface area contributed by atoms with Gasteiger partial charge in [0.05, 0.1) is 19.5 Å². The molecule has 3 rings (SSSR count). The highest BCUT2D eigenvalue weighted by atomic mass is 32.2. The highest BCUT2D eigenvalue weighted by Crippen LogP contribution is 2.61. The normalized spacial score (nSPS) is 22.6. The Kier molecular flexibility index (Phi) is 14.8. The Bertz CT molecular complexity index is 1710. The van der Waals surface area contributed by atoms with Gasteiger partial charge < -0.3 is 50.9 Å². The van der Waals surface area contributed by atoms with Gasteiger partial charge in [0.25, 0.3) is 0 Å². The number of hydrogen-bond acceptors (Lipinski definition) is 18. The number of ether oxygens (including phenoxy) is 1. The summed E-state index contributed by atoms with van der Waals surface area (Å²) in [6.45, 7) is 1.90. The van der Waals surface area contributed by atoms with Crippen LogP contribution in [0.4, 0.5) is 5.82 Å². The number of nitrogens with one attached hydrogen (secondary N) is 2. The molecule has 1 aliphatic rings. The number of carbonyl (C=O) groups is 3. The Balaban J connectivity index is 1.55. The molecule has 24 nitrogen and oxygen atoms in total. The molecule has 7 atom stereocenters. The van der Waals surface area contributed by atoms with E-state index in [0.29, 0.717) is 5.75 Å². The Labute approximate surface area is 293 Å². The van der Waals surface area contributed by atoms with Gasteiger partial charge in [-0.05, 0) is 0 Å². The number of imidazole rings is 1. The quantitative estimate of drug-likeness (QED) is 0.0587. The number of aliphatic hydroxyl groups is 2. The molecule has 0 aromatic carbocycles. The van der Waals surface area contributed by atoms with Crippen LogP contribution in [-0.2, 0) is 50.7 Å². The fraction of sp³-hybridized carbons (Fsp3) is 0.652. The molecule has 0 bridgehead atoms. The van der Waals surface area contributed by atoms with Gasteiger partial charge in [-0.25, -0.2) is 28.6 Å². The number of amides is 2. The van der Waals surface area contributed by atoms with Crippen molar-refractivity contribution in [2.75, 3.05) is 37.8 Å². The van der Waals surface area contributed by atoms with Gasteiger partial charge in [0.2, 0.25) is 11.8 Å². The van der Waals surface area contributed by atoms with Crippen LogP contribution in [0, 0.1) is 5.41 Å². The minimum atomic E-state index is -5.56. The highest BCUT2D eigenvalue weighted by Gasteiger charge is 2.50. The van der Waals surface area contributed by atoms with Crippen molar-refractivity contribution in [2.45, 2.75) is 57.8 Å². The molecule has 1 fully saturated rings. The lowest BCUT2D eigenvalue weighted by atomic mass is 9.87. The smallest absolute Gasteiger partial charge is 0.386 e. The predicted molar refractivity (Wildman–Crippen MR) is 173 cm³/mol. The summed E-state index contributed by atoms with van der Waals surface area (Å²) in [6, 6.07) is 0. The molecule has 0 spiro atoms. The lowest BCUT2D eigenvalue weighted by molar-refractivity contribution is -0.137. The number of thioether (sulfide) groups is 1. The Hall–Kier alpha value is -2.44.